The molecule has 0 saturated heterocycles. The molecule has 0 unspecified atom stereocenters. The molecule has 0 aliphatic carbocycles. The van der Waals surface area contributed by atoms with E-state index in [1.807, 2.05) is 6.92 Å². The van der Waals surface area contributed by atoms with Crippen molar-refractivity contribution < 1.29 is 14.3 Å². The monoisotopic (exact) mass is 220 g/mol. The minimum Gasteiger partial charge on any atom is -0.508 e. The van der Waals surface area contributed by atoms with Crippen LogP contribution >= 0.6 is 0 Å². The molecular weight excluding hydrogens is 208 g/mol. The molecule has 0 atom stereocenters. The van der Waals surface area contributed by atoms with E-state index in [2.05, 4.69) is 0 Å². The van der Waals surface area contributed by atoms with Crippen molar-refractivity contribution in [3.05, 3.63) is 33.9 Å². The molecule has 1 aromatic carbocycles. The lowest BCUT2D eigenvalue weighted by Gasteiger charge is -2.08. The molecule has 0 spiro atoms. The van der Waals surface area contributed by atoms with Crippen LogP contribution in [0.15, 0.2) is 21.3 Å². The molecule has 4 nitrogen and oxygen atoms in total. The van der Waals surface area contributed by atoms with Gasteiger partial charge in [0.15, 0.2) is 0 Å². The molecule has 0 aliphatic heterocycles. The Hall–Kier alpha value is -1.97. The number of hydrogen-bond donors (Lipinski definition) is 1. The Bertz CT molecular complexity index is 610. The largest absolute Gasteiger partial charge is 0.508 e. The minimum atomic E-state index is -0.449. The van der Waals surface area contributed by atoms with Crippen molar-refractivity contribution in [2.75, 3.05) is 7.11 Å². The summed E-state index contributed by atoms with van der Waals surface area (Å²) in [6.07, 6.45) is 0. The number of fused-ring (bicyclic) bond motifs is 1. The lowest BCUT2D eigenvalue weighted by Crippen LogP contribution is -2.04. The van der Waals surface area contributed by atoms with Crippen molar-refractivity contribution in [3.8, 4) is 11.5 Å². The van der Waals surface area contributed by atoms with Gasteiger partial charge in [0.1, 0.15) is 22.6 Å². The van der Waals surface area contributed by atoms with Gasteiger partial charge in [0.25, 0.3) is 0 Å². The van der Waals surface area contributed by atoms with E-state index in [0.717, 1.165) is 5.56 Å². The van der Waals surface area contributed by atoms with Crippen LogP contribution in [0, 0.1) is 13.8 Å². The molecule has 1 heterocycles. The van der Waals surface area contributed by atoms with E-state index < -0.39 is 5.63 Å². The molecular formula is C12H12O4. The molecule has 1 aromatic heterocycles. The SMILES string of the molecule is COc1cc(O)cc2c(C)c(C)oc(=O)c12. The minimum absolute atomic E-state index is 0.0671. The summed E-state index contributed by atoms with van der Waals surface area (Å²) in [4.78, 5) is 11.7. The van der Waals surface area contributed by atoms with E-state index >= 15 is 0 Å². The van der Waals surface area contributed by atoms with E-state index in [4.69, 9.17) is 9.15 Å². The molecule has 2 aromatic rings. The lowest BCUT2D eigenvalue weighted by molar-refractivity contribution is 0.409. The highest BCUT2D eigenvalue weighted by atomic mass is 16.5. The smallest absolute Gasteiger partial charge is 0.347 e. The van der Waals surface area contributed by atoms with Crippen LogP contribution in [0.3, 0.4) is 0 Å². The highest BCUT2D eigenvalue weighted by Crippen LogP contribution is 2.30. The number of rotatable bonds is 1. The number of aryl methyl sites for hydroxylation is 2. The normalized spacial score (nSPS) is 10.7. The van der Waals surface area contributed by atoms with Crippen molar-refractivity contribution in [1.29, 1.82) is 0 Å². The highest BCUT2D eigenvalue weighted by Gasteiger charge is 2.13. The molecule has 4 heteroatoms. The Morgan fingerprint density at radius 3 is 2.62 bits per heavy atom. The third kappa shape index (κ3) is 1.43. The fraction of sp³-hybridized carbons (Fsp3) is 0.250. The van der Waals surface area contributed by atoms with Crippen LogP contribution in [0.1, 0.15) is 11.3 Å². The highest BCUT2D eigenvalue weighted by molar-refractivity contribution is 5.91. The maximum atomic E-state index is 11.7. The Labute approximate surface area is 92.1 Å². The van der Waals surface area contributed by atoms with E-state index in [9.17, 15) is 9.90 Å². The zero-order valence-electron chi connectivity index (χ0n) is 9.33. The van der Waals surface area contributed by atoms with Crippen molar-refractivity contribution in [2.24, 2.45) is 0 Å². The van der Waals surface area contributed by atoms with Gasteiger partial charge in [-0.15, -0.1) is 0 Å². The number of ether oxygens (including phenoxy) is 1. The van der Waals surface area contributed by atoms with Gasteiger partial charge in [-0.05, 0) is 25.5 Å². The molecule has 0 bridgehead atoms. The molecule has 0 aliphatic rings. The van der Waals surface area contributed by atoms with Crippen LogP contribution in [0.5, 0.6) is 11.5 Å². The number of benzene rings is 1. The van der Waals surface area contributed by atoms with Crippen LogP contribution in [-0.2, 0) is 0 Å². The summed E-state index contributed by atoms with van der Waals surface area (Å²) < 4.78 is 10.2. The first-order chi connectivity index (χ1) is 7.54. The molecule has 0 radical (unpaired) electrons. The number of phenolic OH excluding ortho intramolecular Hbond substituents is 1. The summed E-state index contributed by atoms with van der Waals surface area (Å²) in [5.41, 5.74) is 0.374. The molecule has 0 amide bonds. The Morgan fingerprint density at radius 1 is 1.31 bits per heavy atom. The molecule has 1 N–H and O–H groups in total. The van der Waals surface area contributed by atoms with Crippen LogP contribution < -0.4 is 10.4 Å². The van der Waals surface area contributed by atoms with Gasteiger partial charge >= 0.3 is 5.63 Å². The molecule has 84 valence electrons. The first-order valence-electron chi connectivity index (χ1n) is 4.85. The Morgan fingerprint density at radius 2 is 2.00 bits per heavy atom. The fourth-order valence-electron chi connectivity index (χ4n) is 1.72. The second kappa shape index (κ2) is 3.56. The second-order valence-corrected chi connectivity index (χ2v) is 3.64. The summed E-state index contributed by atoms with van der Waals surface area (Å²) in [5, 5.41) is 10.6. The maximum absolute atomic E-state index is 11.7. The zero-order valence-corrected chi connectivity index (χ0v) is 9.33. The molecule has 16 heavy (non-hydrogen) atoms. The van der Waals surface area contributed by atoms with Gasteiger partial charge in [-0.1, -0.05) is 0 Å². The molecule has 0 fully saturated rings. The summed E-state index contributed by atoms with van der Waals surface area (Å²) in [6, 6.07) is 2.94. The summed E-state index contributed by atoms with van der Waals surface area (Å²) in [6.45, 7) is 3.55. The Balaban J connectivity index is 3.05. The van der Waals surface area contributed by atoms with Crippen LogP contribution in [-0.4, -0.2) is 12.2 Å². The summed E-state index contributed by atoms with van der Waals surface area (Å²) in [7, 11) is 1.45. The fourth-order valence-corrected chi connectivity index (χ4v) is 1.72. The van der Waals surface area contributed by atoms with Crippen molar-refractivity contribution in [2.45, 2.75) is 13.8 Å². The van der Waals surface area contributed by atoms with Crippen LogP contribution in [0.25, 0.3) is 10.8 Å². The zero-order chi connectivity index (χ0) is 11.9. The first-order valence-corrected chi connectivity index (χ1v) is 4.85. The third-order valence-electron chi connectivity index (χ3n) is 2.69. The third-order valence-corrected chi connectivity index (χ3v) is 2.69. The quantitative estimate of drug-likeness (QED) is 0.799. The maximum Gasteiger partial charge on any atom is 0.347 e. The molecule has 2 rings (SSSR count). The van der Waals surface area contributed by atoms with Crippen molar-refractivity contribution in [1.82, 2.24) is 0 Å². The number of phenols is 1. The first kappa shape index (κ1) is 10.5. The molecule has 0 saturated carbocycles. The summed E-state index contributed by atoms with van der Waals surface area (Å²) in [5.74, 6) is 0.939. The second-order valence-electron chi connectivity index (χ2n) is 3.64. The average Bonchev–Trinajstić information content (AvgIpc) is 2.24. The van der Waals surface area contributed by atoms with Gasteiger partial charge in [0.05, 0.1) is 7.11 Å². The van der Waals surface area contributed by atoms with Crippen molar-refractivity contribution >= 4 is 10.8 Å². The standard InChI is InChI=1S/C12H12O4/c1-6-7(2)16-12(14)11-9(6)4-8(13)5-10(11)15-3/h4-5,13H,1-3H3. The number of aromatic hydroxyl groups is 1. The number of hydrogen-bond acceptors (Lipinski definition) is 4. The van der Waals surface area contributed by atoms with Gasteiger partial charge in [-0.3, -0.25) is 0 Å². The number of methoxy groups -OCH3 is 1. The van der Waals surface area contributed by atoms with E-state index in [1.165, 1.54) is 19.2 Å². The summed E-state index contributed by atoms with van der Waals surface area (Å²) >= 11 is 0. The van der Waals surface area contributed by atoms with E-state index in [-0.39, 0.29) is 5.75 Å². The van der Waals surface area contributed by atoms with E-state index in [0.29, 0.717) is 22.3 Å². The van der Waals surface area contributed by atoms with Gasteiger partial charge in [0, 0.05) is 11.5 Å². The predicted octanol–water partition coefficient (Wildman–Crippen LogP) is 2.12. The van der Waals surface area contributed by atoms with Crippen LogP contribution in [0.2, 0.25) is 0 Å². The average molecular weight is 220 g/mol. The van der Waals surface area contributed by atoms with Gasteiger partial charge < -0.3 is 14.3 Å². The predicted molar refractivity (Wildman–Crippen MR) is 60.2 cm³/mol. The van der Waals surface area contributed by atoms with E-state index in [1.54, 1.807) is 6.92 Å². The topological polar surface area (TPSA) is 59.7 Å². The van der Waals surface area contributed by atoms with Gasteiger partial charge in [-0.2, -0.15) is 0 Å². The van der Waals surface area contributed by atoms with Gasteiger partial charge in [0.2, 0.25) is 0 Å². The lowest BCUT2D eigenvalue weighted by atomic mass is 10.1. The van der Waals surface area contributed by atoms with Crippen LogP contribution in [0.4, 0.5) is 0 Å². The van der Waals surface area contributed by atoms with Crippen molar-refractivity contribution in [3.63, 3.8) is 0 Å². The van der Waals surface area contributed by atoms with Gasteiger partial charge in [-0.25, -0.2) is 4.79 Å². The Kier molecular flexibility index (Phi) is 2.34.